The lowest BCUT2D eigenvalue weighted by Gasteiger charge is -2.15. The smallest absolute Gasteiger partial charge is 0.307 e. The normalized spacial score (nSPS) is 12.5. The molecule has 5 heteroatoms. The Morgan fingerprint density at radius 2 is 2.00 bits per heavy atom. The highest BCUT2D eigenvalue weighted by molar-refractivity contribution is 9.10. The van der Waals surface area contributed by atoms with Gasteiger partial charge in [0.05, 0.1) is 5.92 Å². The molecule has 0 radical (unpaired) electrons. The lowest BCUT2D eigenvalue weighted by atomic mass is 9.89. The second kappa shape index (κ2) is 6.80. The Kier molecular flexibility index (Phi) is 5.66. The van der Waals surface area contributed by atoms with Crippen LogP contribution in [0.4, 0.5) is 4.39 Å². The van der Waals surface area contributed by atoms with Crippen molar-refractivity contribution in [3.8, 4) is 0 Å². The predicted molar refractivity (Wildman–Crippen MR) is 73.4 cm³/mol. The van der Waals surface area contributed by atoms with E-state index in [9.17, 15) is 14.0 Å². The molecule has 3 nitrogen and oxygen atoms in total. The number of aliphatic carboxylic acids is 1. The van der Waals surface area contributed by atoms with E-state index in [4.69, 9.17) is 5.11 Å². The fraction of sp³-hybridized carbons (Fsp3) is 0.429. The Hall–Kier alpha value is -1.23. The Bertz CT molecular complexity index is 486. The van der Waals surface area contributed by atoms with Crippen molar-refractivity contribution >= 4 is 27.7 Å². The molecule has 0 fully saturated rings. The van der Waals surface area contributed by atoms with E-state index in [2.05, 4.69) is 15.9 Å². The summed E-state index contributed by atoms with van der Waals surface area (Å²) in [6, 6.07) is 4.48. The number of carbonyl (C=O) groups is 2. The van der Waals surface area contributed by atoms with Crippen LogP contribution in [0.5, 0.6) is 0 Å². The van der Waals surface area contributed by atoms with Crippen molar-refractivity contribution < 1.29 is 19.1 Å². The molecule has 104 valence electrons. The zero-order valence-electron chi connectivity index (χ0n) is 10.8. The Labute approximate surface area is 120 Å². The van der Waals surface area contributed by atoms with Crippen LogP contribution < -0.4 is 0 Å². The summed E-state index contributed by atoms with van der Waals surface area (Å²) in [5, 5.41) is 9.02. The third-order valence-electron chi connectivity index (χ3n) is 2.97. The van der Waals surface area contributed by atoms with Gasteiger partial charge in [0.2, 0.25) is 0 Å². The van der Waals surface area contributed by atoms with Crippen LogP contribution in [0.25, 0.3) is 0 Å². The molecule has 0 aliphatic carbocycles. The Balaban J connectivity index is 2.72. The van der Waals surface area contributed by atoms with Gasteiger partial charge in [-0.1, -0.05) is 35.8 Å². The lowest BCUT2D eigenvalue weighted by Crippen LogP contribution is -2.23. The van der Waals surface area contributed by atoms with Gasteiger partial charge in [0.15, 0.2) is 0 Å². The summed E-state index contributed by atoms with van der Waals surface area (Å²) in [6.45, 7) is 3.51. The fourth-order valence-electron chi connectivity index (χ4n) is 1.80. The molecule has 0 aliphatic rings. The minimum absolute atomic E-state index is 0.0670. The average Bonchev–Trinajstić information content (AvgIpc) is 2.29. The van der Waals surface area contributed by atoms with Gasteiger partial charge < -0.3 is 5.11 Å². The van der Waals surface area contributed by atoms with Crippen molar-refractivity contribution in [1.29, 1.82) is 0 Å². The molecule has 0 amide bonds. The van der Waals surface area contributed by atoms with Gasteiger partial charge in [-0.2, -0.15) is 0 Å². The second-order valence-electron chi connectivity index (χ2n) is 4.84. The van der Waals surface area contributed by atoms with Crippen LogP contribution in [-0.4, -0.2) is 16.9 Å². The summed E-state index contributed by atoms with van der Waals surface area (Å²) in [6.07, 6.45) is -0.141. The lowest BCUT2D eigenvalue weighted by molar-refractivity contribution is -0.145. The van der Waals surface area contributed by atoms with Gasteiger partial charge in [0.1, 0.15) is 11.6 Å². The number of benzene rings is 1. The number of hydrogen-bond donors (Lipinski definition) is 1. The van der Waals surface area contributed by atoms with E-state index < -0.39 is 17.7 Å². The molecule has 1 atom stereocenters. The largest absolute Gasteiger partial charge is 0.481 e. The third-order valence-corrected chi connectivity index (χ3v) is 3.47. The van der Waals surface area contributed by atoms with E-state index in [-0.39, 0.29) is 24.5 Å². The van der Waals surface area contributed by atoms with Gasteiger partial charge in [-0.05, 0) is 23.6 Å². The predicted octanol–water partition coefficient (Wildman–Crippen LogP) is 3.45. The molecule has 0 heterocycles. The molecule has 1 aromatic rings. The SMILES string of the molecule is CC(C)[C@H](CC(=O)Cc1ccc(Br)cc1F)C(=O)O. The van der Waals surface area contributed by atoms with Crippen LogP contribution >= 0.6 is 15.9 Å². The molecule has 0 bridgehead atoms. The highest BCUT2D eigenvalue weighted by Gasteiger charge is 2.24. The number of carbonyl (C=O) groups excluding carboxylic acids is 1. The summed E-state index contributed by atoms with van der Waals surface area (Å²) in [5.74, 6) is -2.55. The van der Waals surface area contributed by atoms with Crippen LogP contribution in [0.15, 0.2) is 22.7 Å². The van der Waals surface area contributed by atoms with E-state index in [1.807, 2.05) is 0 Å². The van der Waals surface area contributed by atoms with Gasteiger partial charge >= 0.3 is 5.97 Å². The molecular formula is C14H16BrFO3. The number of carboxylic acids is 1. The van der Waals surface area contributed by atoms with Crippen molar-refractivity contribution in [3.05, 3.63) is 34.1 Å². The number of Topliss-reactive ketones (excluding diaryl/α,β-unsaturated/α-hetero) is 1. The minimum atomic E-state index is -0.986. The standard InChI is InChI=1S/C14H16BrFO3/c1-8(2)12(14(18)19)7-11(17)5-9-3-4-10(15)6-13(9)16/h3-4,6,8,12H,5,7H2,1-2H3,(H,18,19)/t12-/m0/s1. The summed E-state index contributed by atoms with van der Waals surface area (Å²) in [4.78, 5) is 22.8. The van der Waals surface area contributed by atoms with Gasteiger partial charge in [-0.15, -0.1) is 0 Å². The van der Waals surface area contributed by atoms with Gasteiger partial charge in [-0.3, -0.25) is 9.59 Å². The van der Waals surface area contributed by atoms with Crippen molar-refractivity contribution in [2.45, 2.75) is 26.7 Å². The topological polar surface area (TPSA) is 54.4 Å². The second-order valence-corrected chi connectivity index (χ2v) is 5.76. The van der Waals surface area contributed by atoms with Crippen molar-refractivity contribution in [1.82, 2.24) is 0 Å². The molecule has 0 spiro atoms. The van der Waals surface area contributed by atoms with E-state index in [1.165, 1.54) is 12.1 Å². The molecule has 0 unspecified atom stereocenters. The van der Waals surface area contributed by atoms with Crippen LogP contribution in [0.3, 0.4) is 0 Å². The van der Waals surface area contributed by atoms with Gasteiger partial charge in [-0.25, -0.2) is 4.39 Å². The first-order valence-corrected chi connectivity index (χ1v) is 6.79. The van der Waals surface area contributed by atoms with Crippen LogP contribution in [0, 0.1) is 17.7 Å². The van der Waals surface area contributed by atoms with Crippen LogP contribution in [-0.2, 0) is 16.0 Å². The maximum absolute atomic E-state index is 13.6. The number of carboxylic acid groups (broad SMARTS) is 1. The zero-order chi connectivity index (χ0) is 14.6. The molecule has 0 aliphatic heterocycles. The minimum Gasteiger partial charge on any atom is -0.481 e. The number of rotatable bonds is 6. The Morgan fingerprint density at radius 1 is 1.37 bits per heavy atom. The molecule has 19 heavy (non-hydrogen) atoms. The van der Waals surface area contributed by atoms with E-state index in [0.29, 0.717) is 10.0 Å². The molecular weight excluding hydrogens is 315 g/mol. The highest BCUT2D eigenvalue weighted by Crippen LogP contribution is 2.20. The fourth-order valence-corrected chi connectivity index (χ4v) is 2.14. The van der Waals surface area contributed by atoms with Crippen molar-refractivity contribution in [2.75, 3.05) is 0 Å². The first-order chi connectivity index (χ1) is 8.81. The highest BCUT2D eigenvalue weighted by atomic mass is 79.9. The molecule has 1 aromatic carbocycles. The zero-order valence-corrected chi connectivity index (χ0v) is 12.4. The molecule has 0 saturated carbocycles. The molecule has 0 aromatic heterocycles. The summed E-state index contributed by atoms with van der Waals surface area (Å²) < 4.78 is 14.2. The van der Waals surface area contributed by atoms with E-state index in [0.717, 1.165) is 0 Å². The first-order valence-electron chi connectivity index (χ1n) is 5.99. The summed E-state index contributed by atoms with van der Waals surface area (Å²) in [7, 11) is 0. The maximum Gasteiger partial charge on any atom is 0.307 e. The number of halogens is 2. The number of ketones is 1. The van der Waals surface area contributed by atoms with Crippen molar-refractivity contribution in [3.63, 3.8) is 0 Å². The van der Waals surface area contributed by atoms with E-state index >= 15 is 0 Å². The first kappa shape index (κ1) is 15.8. The van der Waals surface area contributed by atoms with E-state index in [1.54, 1.807) is 19.9 Å². The number of hydrogen-bond acceptors (Lipinski definition) is 2. The average molecular weight is 331 g/mol. The van der Waals surface area contributed by atoms with Crippen LogP contribution in [0.2, 0.25) is 0 Å². The van der Waals surface area contributed by atoms with Crippen LogP contribution in [0.1, 0.15) is 25.8 Å². The maximum atomic E-state index is 13.6. The molecule has 1 N–H and O–H groups in total. The summed E-state index contributed by atoms with van der Waals surface area (Å²) >= 11 is 3.14. The van der Waals surface area contributed by atoms with Gasteiger partial charge in [0.25, 0.3) is 0 Å². The molecule has 0 saturated heterocycles. The molecule has 1 rings (SSSR count). The quantitative estimate of drug-likeness (QED) is 0.869. The summed E-state index contributed by atoms with van der Waals surface area (Å²) in [5.41, 5.74) is 0.293. The third kappa shape index (κ3) is 4.74. The monoisotopic (exact) mass is 330 g/mol. The Morgan fingerprint density at radius 3 is 2.47 bits per heavy atom. The van der Waals surface area contributed by atoms with Gasteiger partial charge in [0, 0.05) is 17.3 Å². The van der Waals surface area contributed by atoms with Crippen molar-refractivity contribution in [2.24, 2.45) is 11.8 Å².